The minimum Gasteiger partial charge on any atom is -0.481 e. The van der Waals surface area contributed by atoms with Crippen molar-refractivity contribution in [1.29, 1.82) is 0 Å². The summed E-state index contributed by atoms with van der Waals surface area (Å²) in [6, 6.07) is 5.61. The van der Waals surface area contributed by atoms with Crippen LogP contribution in [0.2, 0.25) is 0 Å². The summed E-state index contributed by atoms with van der Waals surface area (Å²) in [5.41, 5.74) is 3.99. The minimum absolute atomic E-state index is 0.0827. The first kappa shape index (κ1) is 15.0. The number of carboxylic acids is 1. The summed E-state index contributed by atoms with van der Waals surface area (Å²) in [6.45, 7) is 1.33. The molecule has 1 aliphatic heterocycles. The number of terminal acetylenes is 1. The third-order valence-electron chi connectivity index (χ3n) is 3.66. The molecule has 0 bridgehead atoms. The molecule has 116 valence electrons. The van der Waals surface area contributed by atoms with E-state index in [2.05, 4.69) is 26.5 Å². The van der Waals surface area contributed by atoms with Crippen LogP contribution in [0.3, 0.4) is 0 Å². The Balaban J connectivity index is 1.93. The molecule has 23 heavy (non-hydrogen) atoms. The highest BCUT2D eigenvalue weighted by Gasteiger charge is 2.14. The number of aryl methyl sites for hydroxylation is 1. The van der Waals surface area contributed by atoms with Crippen LogP contribution in [0.4, 0.5) is 5.82 Å². The predicted molar refractivity (Wildman–Crippen MR) is 86.7 cm³/mol. The zero-order valence-corrected chi connectivity index (χ0v) is 12.5. The Morgan fingerprint density at radius 1 is 1.43 bits per heavy atom. The van der Waals surface area contributed by atoms with Crippen molar-refractivity contribution in [2.45, 2.75) is 19.4 Å². The fourth-order valence-corrected chi connectivity index (χ4v) is 2.50. The lowest BCUT2D eigenvalue weighted by molar-refractivity contribution is -0.136. The second-order valence-corrected chi connectivity index (χ2v) is 5.25. The Hall–Kier alpha value is -2.91. The number of nitrogens with zero attached hydrogens (tertiary/aromatic N) is 2. The summed E-state index contributed by atoms with van der Waals surface area (Å²) in [6.07, 6.45) is 7.85. The highest BCUT2D eigenvalue weighted by Crippen LogP contribution is 2.25. The molecule has 6 heteroatoms. The zero-order valence-electron chi connectivity index (χ0n) is 12.5. The van der Waals surface area contributed by atoms with Crippen LogP contribution in [0.25, 0.3) is 11.3 Å². The highest BCUT2D eigenvalue weighted by molar-refractivity contribution is 5.70. The van der Waals surface area contributed by atoms with Crippen LogP contribution >= 0.6 is 0 Å². The lowest BCUT2D eigenvalue weighted by atomic mass is 9.99. The van der Waals surface area contributed by atoms with Gasteiger partial charge >= 0.3 is 5.97 Å². The summed E-state index contributed by atoms with van der Waals surface area (Å²) in [5, 5.41) is 15.1. The molecule has 0 unspecified atom stereocenters. The van der Waals surface area contributed by atoms with Crippen LogP contribution < -0.4 is 10.6 Å². The monoisotopic (exact) mass is 308 g/mol. The molecule has 0 aliphatic carbocycles. The smallest absolute Gasteiger partial charge is 0.303 e. The molecule has 0 fully saturated rings. The van der Waals surface area contributed by atoms with Crippen LogP contribution in [-0.2, 0) is 17.8 Å². The first-order valence-corrected chi connectivity index (χ1v) is 7.29. The first-order valence-electron chi connectivity index (χ1n) is 7.29. The molecule has 1 aromatic heterocycles. The molecule has 0 spiro atoms. The molecule has 0 atom stereocenters. The van der Waals surface area contributed by atoms with E-state index >= 15 is 0 Å². The van der Waals surface area contributed by atoms with E-state index < -0.39 is 5.97 Å². The maximum atomic E-state index is 10.7. The number of carbonyl (C=O) groups is 1. The van der Waals surface area contributed by atoms with Crippen LogP contribution in [0.1, 0.15) is 23.2 Å². The van der Waals surface area contributed by atoms with Crippen LogP contribution in [0.15, 0.2) is 24.4 Å². The Labute approximate surface area is 134 Å². The van der Waals surface area contributed by atoms with Gasteiger partial charge in [0.25, 0.3) is 0 Å². The third-order valence-corrected chi connectivity index (χ3v) is 3.66. The second-order valence-electron chi connectivity index (χ2n) is 5.25. The molecule has 1 aliphatic rings. The van der Waals surface area contributed by atoms with Crippen molar-refractivity contribution in [3.05, 3.63) is 41.2 Å². The molecule has 2 aromatic rings. The van der Waals surface area contributed by atoms with E-state index in [1.807, 2.05) is 18.2 Å². The van der Waals surface area contributed by atoms with Crippen LogP contribution in [0, 0.1) is 12.3 Å². The molecule has 0 amide bonds. The number of fused-ring (bicyclic) bond motifs is 1. The topological polar surface area (TPSA) is 87.1 Å². The molecular weight excluding hydrogens is 292 g/mol. The first-order chi connectivity index (χ1) is 11.2. The van der Waals surface area contributed by atoms with Gasteiger partial charge in [-0.15, -0.1) is 6.42 Å². The number of benzene rings is 1. The molecule has 3 rings (SSSR count). The maximum Gasteiger partial charge on any atom is 0.303 e. The molecule has 1 aromatic carbocycles. The van der Waals surface area contributed by atoms with E-state index in [9.17, 15) is 4.79 Å². The Morgan fingerprint density at radius 3 is 3.09 bits per heavy atom. The van der Waals surface area contributed by atoms with Gasteiger partial charge in [-0.25, -0.2) is 9.97 Å². The van der Waals surface area contributed by atoms with Gasteiger partial charge in [0.2, 0.25) is 0 Å². The van der Waals surface area contributed by atoms with Gasteiger partial charge in [-0.2, -0.15) is 0 Å². The minimum atomic E-state index is -0.822. The van der Waals surface area contributed by atoms with E-state index in [-0.39, 0.29) is 6.42 Å². The van der Waals surface area contributed by atoms with E-state index in [1.165, 1.54) is 0 Å². The molecular formula is C17H16N4O2. The van der Waals surface area contributed by atoms with E-state index in [1.54, 1.807) is 6.20 Å². The van der Waals surface area contributed by atoms with Crippen molar-refractivity contribution in [2.24, 2.45) is 0 Å². The predicted octanol–water partition coefficient (Wildman–Crippen LogP) is 1.61. The second kappa shape index (κ2) is 6.46. The normalized spacial score (nSPS) is 12.8. The molecule has 0 saturated heterocycles. The van der Waals surface area contributed by atoms with Gasteiger partial charge in [-0.05, 0) is 18.1 Å². The van der Waals surface area contributed by atoms with Crippen LogP contribution in [-0.4, -0.2) is 27.7 Å². The fourth-order valence-electron chi connectivity index (χ4n) is 2.50. The van der Waals surface area contributed by atoms with Gasteiger partial charge in [0.1, 0.15) is 5.82 Å². The van der Waals surface area contributed by atoms with Gasteiger partial charge in [0.15, 0.2) is 0 Å². The third kappa shape index (κ3) is 3.30. The van der Waals surface area contributed by atoms with Crippen molar-refractivity contribution in [3.63, 3.8) is 0 Å². The summed E-state index contributed by atoms with van der Waals surface area (Å²) in [7, 11) is 0. The van der Waals surface area contributed by atoms with Crippen molar-refractivity contribution >= 4 is 11.8 Å². The van der Waals surface area contributed by atoms with Gasteiger partial charge in [0.05, 0.1) is 24.3 Å². The summed E-state index contributed by atoms with van der Waals surface area (Å²) >= 11 is 0. The van der Waals surface area contributed by atoms with Crippen molar-refractivity contribution in [3.8, 4) is 23.6 Å². The number of carboxylic acid groups (broad SMARTS) is 1. The van der Waals surface area contributed by atoms with Crippen molar-refractivity contribution in [2.75, 3.05) is 12.0 Å². The number of hydrogen-bond acceptors (Lipinski definition) is 5. The van der Waals surface area contributed by atoms with Crippen molar-refractivity contribution < 1.29 is 9.90 Å². The summed E-state index contributed by atoms with van der Waals surface area (Å²) < 4.78 is 0. The average Bonchev–Trinajstić information content (AvgIpc) is 2.59. The Kier molecular flexibility index (Phi) is 4.22. The largest absolute Gasteiger partial charge is 0.481 e. The lowest BCUT2D eigenvalue weighted by Crippen LogP contribution is -2.29. The highest BCUT2D eigenvalue weighted by atomic mass is 16.4. The molecule has 0 radical (unpaired) electrons. The standard InChI is InChI=1S/C17H16N4O2/c1-2-12-7-11(4-6-16(22)23)3-5-13(12)14-9-19-17-15(21-14)8-18-10-20-17/h1,3,5,7,9,18H,4,6,8,10H2,(H,19,20)(H,22,23). The van der Waals surface area contributed by atoms with E-state index in [0.717, 1.165) is 22.6 Å². The quantitative estimate of drug-likeness (QED) is 0.744. The molecule has 2 heterocycles. The number of rotatable bonds is 4. The number of aromatic nitrogens is 2. The maximum absolute atomic E-state index is 10.7. The molecule has 0 saturated carbocycles. The van der Waals surface area contributed by atoms with Gasteiger partial charge in [-0.1, -0.05) is 18.1 Å². The number of hydrogen-bond donors (Lipinski definition) is 3. The molecule has 3 N–H and O–H groups in total. The van der Waals surface area contributed by atoms with Gasteiger partial charge in [-0.3, -0.25) is 10.1 Å². The number of nitrogens with one attached hydrogen (secondary N) is 2. The van der Waals surface area contributed by atoms with Crippen molar-refractivity contribution in [1.82, 2.24) is 15.3 Å². The fraction of sp³-hybridized carbons (Fsp3) is 0.235. The van der Waals surface area contributed by atoms with Gasteiger partial charge in [0, 0.05) is 24.1 Å². The zero-order chi connectivity index (χ0) is 16.2. The van der Waals surface area contributed by atoms with E-state index in [4.69, 9.17) is 11.5 Å². The Bertz CT molecular complexity index is 796. The molecule has 6 nitrogen and oxygen atoms in total. The Morgan fingerprint density at radius 2 is 2.30 bits per heavy atom. The number of aliphatic carboxylic acids is 1. The lowest BCUT2D eigenvalue weighted by Gasteiger charge is -2.18. The number of anilines is 1. The average molecular weight is 308 g/mol. The summed E-state index contributed by atoms with van der Waals surface area (Å²) in [4.78, 5) is 19.7. The van der Waals surface area contributed by atoms with Gasteiger partial charge < -0.3 is 10.4 Å². The summed E-state index contributed by atoms with van der Waals surface area (Å²) in [5.74, 6) is 2.62. The van der Waals surface area contributed by atoms with Crippen LogP contribution in [0.5, 0.6) is 0 Å². The SMILES string of the molecule is C#Cc1cc(CCC(=O)O)ccc1-c1cnc2c(n1)CNCN2. The van der Waals surface area contributed by atoms with E-state index in [0.29, 0.717) is 30.9 Å².